The fourth-order valence-corrected chi connectivity index (χ4v) is 5.55. The minimum Gasteiger partial charge on any atom is -0.468 e. The van der Waals surface area contributed by atoms with Crippen LogP contribution in [-0.4, -0.2) is 81.4 Å². The largest absolute Gasteiger partial charge is 0.468 e. The van der Waals surface area contributed by atoms with Crippen LogP contribution in [0.15, 0.2) is 36.5 Å². The fourth-order valence-electron chi connectivity index (χ4n) is 5.55. The number of hydrogen-bond acceptors (Lipinski definition) is 8. The van der Waals surface area contributed by atoms with E-state index in [1.54, 1.807) is 22.5 Å². The highest BCUT2D eigenvalue weighted by atomic mass is 16.5. The number of likely N-dealkylation sites (tertiary alicyclic amines) is 1. The van der Waals surface area contributed by atoms with E-state index >= 15 is 0 Å². The Morgan fingerprint density at radius 1 is 1.05 bits per heavy atom. The molecule has 3 heterocycles. The smallest absolute Gasteiger partial charge is 0.325 e. The predicted molar refractivity (Wildman–Crippen MR) is 156 cm³/mol. The molecule has 13 heteroatoms. The highest BCUT2D eigenvalue weighted by Gasteiger charge is 2.28. The molecule has 0 spiro atoms. The van der Waals surface area contributed by atoms with Gasteiger partial charge in [-0.05, 0) is 36.6 Å². The first kappa shape index (κ1) is 29.2. The number of aromatic nitrogens is 4. The molecule has 0 radical (unpaired) electrons. The quantitative estimate of drug-likeness (QED) is 0.295. The molecule has 1 aliphatic rings. The second kappa shape index (κ2) is 12.3. The number of esters is 1. The molecule has 5 rings (SSSR count). The van der Waals surface area contributed by atoms with E-state index in [4.69, 9.17) is 5.10 Å². The number of ether oxygens (including phenoxy) is 1. The van der Waals surface area contributed by atoms with Crippen LogP contribution in [0.5, 0.6) is 0 Å². The van der Waals surface area contributed by atoms with Gasteiger partial charge in [0.1, 0.15) is 13.1 Å². The van der Waals surface area contributed by atoms with Crippen LogP contribution in [0, 0.1) is 11.3 Å². The van der Waals surface area contributed by atoms with E-state index in [1.807, 2.05) is 42.3 Å². The number of carbonyl (C=O) groups excluding carboxylic acids is 4. The summed E-state index contributed by atoms with van der Waals surface area (Å²) in [5.74, 6) is -1.50. The van der Waals surface area contributed by atoms with Crippen molar-refractivity contribution in [3.05, 3.63) is 47.8 Å². The number of aryl methyl sites for hydroxylation is 1. The van der Waals surface area contributed by atoms with Crippen molar-refractivity contribution < 1.29 is 23.9 Å². The molecule has 13 nitrogen and oxygen atoms in total. The number of amides is 3. The van der Waals surface area contributed by atoms with Crippen LogP contribution < -0.4 is 10.6 Å². The lowest BCUT2D eigenvalue weighted by Gasteiger charge is -2.30. The van der Waals surface area contributed by atoms with Crippen molar-refractivity contribution in [1.82, 2.24) is 35.1 Å². The Kier molecular flexibility index (Phi) is 8.38. The first-order valence-electron chi connectivity index (χ1n) is 13.9. The lowest BCUT2D eigenvalue weighted by atomic mass is 9.88. The Bertz CT molecular complexity index is 1770. The van der Waals surface area contributed by atoms with Crippen LogP contribution in [0.4, 0.5) is 0 Å². The molecule has 222 valence electrons. The summed E-state index contributed by atoms with van der Waals surface area (Å²) in [6.07, 6.45) is 3.14. The van der Waals surface area contributed by atoms with Gasteiger partial charge in [-0.25, -0.2) is 0 Å². The minimum atomic E-state index is -0.595. The van der Waals surface area contributed by atoms with Crippen molar-refractivity contribution in [2.45, 2.75) is 32.2 Å². The van der Waals surface area contributed by atoms with Gasteiger partial charge in [-0.2, -0.15) is 15.5 Å². The Labute approximate surface area is 247 Å². The molecule has 43 heavy (non-hydrogen) atoms. The minimum absolute atomic E-state index is 0.0265. The van der Waals surface area contributed by atoms with E-state index in [-0.39, 0.29) is 31.5 Å². The van der Waals surface area contributed by atoms with Gasteiger partial charge in [0, 0.05) is 49.3 Å². The van der Waals surface area contributed by atoms with Crippen molar-refractivity contribution in [2.75, 3.05) is 33.3 Å². The molecule has 1 fully saturated rings. The number of piperidine rings is 1. The van der Waals surface area contributed by atoms with Gasteiger partial charge in [0.25, 0.3) is 0 Å². The van der Waals surface area contributed by atoms with E-state index in [0.717, 1.165) is 33.1 Å². The maximum absolute atomic E-state index is 12.9. The predicted octanol–water partition coefficient (Wildman–Crippen LogP) is 1.59. The molecule has 0 aliphatic carbocycles. The molecule has 2 N–H and O–H groups in total. The van der Waals surface area contributed by atoms with Crippen LogP contribution in [0.1, 0.15) is 36.9 Å². The molecule has 0 unspecified atom stereocenters. The number of hydrogen-bond donors (Lipinski definition) is 2. The van der Waals surface area contributed by atoms with Crippen molar-refractivity contribution in [2.24, 2.45) is 7.05 Å². The Morgan fingerprint density at radius 3 is 2.49 bits per heavy atom. The number of rotatable bonds is 8. The average molecular weight is 585 g/mol. The number of fused-ring (bicyclic) bond motifs is 2. The summed E-state index contributed by atoms with van der Waals surface area (Å²) in [6.45, 7) is 2.01. The summed E-state index contributed by atoms with van der Waals surface area (Å²) in [5, 5.41) is 26.0. The second-order valence-corrected chi connectivity index (χ2v) is 10.5. The molecule has 0 saturated carbocycles. The molecule has 2 aromatic heterocycles. The fraction of sp³-hybridized carbons (Fsp3) is 0.367. The van der Waals surface area contributed by atoms with E-state index in [2.05, 4.69) is 26.5 Å². The van der Waals surface area contributed by atoms with E-state index < -0.39 is 17.8 Å². The second-order valence-electron chi connectivity index (χ2n) is 10.5. The van der Waals surface area contributed by atoms with Crippen molar-refractivity contribution in [3.63, 3.8) is 0 Å². The normalized spacial score (nSPS) is 13.6. The standard InChI is InChI=1S/C30H32N8O5/c1-18(39)37-9-7-19(8-10-37)30-29-22(23-12-25-21(11-20(23)13-31)14-34-36(25)2)5-4-6-24(29)38(35-30)17-27(41)32-15-26(40)33-16-28(42)43-3/h4-6,11-12,14,19H,7-10,15-17H2,1-3H3,(H,32,41)(H,33,40). The zero-order valence-corrected chi connectivity index (χ0v) is 24.2. The van der Waals surface area contributed by atoms with Crippen LogP contribution in [0.25, 0.3) is 32.9 Å². The lowest BCUT2D eigenvalue weighted by Crippen LogP contribution is -2.40. The molecular weight excluding hydrogens is 552 g/mol. The van der Waals surface area contributed by atoms with Crippen molar-refractivity contribution in [1.29, 1.82) is 5.26 Å². The van der Waals surface area contributed by atoms with Gasteiger partial charge in [0.2, 0.25) is 17.7 Å². The number of nitrogens with zero attached hydrogens (tertiary/aromatic N) is 6. The first-order chi connectivity index (χ1) is 20.7. The lowest BCUT2D eigenvalue weighted by molar-refractivity contribution is -0.141. The number of methoxy groups -OCH3 is 1. The van der Waals surface area contributed by atoms with Gasteiger partial charge in [0.05, 0.1) is 48.2 Å². The average Bonchev–Trinajstić information content (AvgIpc) is 3.57. The zero-order valence-electron chi connectivity index (χ0n) is 24.2. The molecule has 1 saturated heterocycles. The summed E-state index contributed by atoms with van der Waals surface area (Å²) in [5.41, 5.74) is 4.42. The molecule has 0 bridgehead atoms. The number of carbonyl (C=O) groups is 4. The maximum atomic E-state index is 12.9. The number of nitriles is 1. The summed E-state index contributed by atoms with van der Waals surface area (Å²) >= 11 is 0. The monoisotopic (exact) mass is 584 g/mol. The third kappa shape index (κ3) is 6.04. The summed E-state index contributed by atoms with van der Waals surface area (Å²) in [6, 6.07) is 11.8. The molecule has 3 amide bonds. The van der Waals surface area contributed by atoms with Gasteiger partial charge in [0.15, 0.2) is 0 Å². The van der Waals surface area contributed by atoms with Crippen LogP contribution in [0.3, 0.4) is 0 Å². The van der Waals surface area contributed by atoms with E-state index in [9.17, 15) is 24.4 Å². The summed E-state index contributed by atoms with van der Waals surface area (Å²) in [7, 11) is 3.06. The van der Waals surface area contributed by atoms with Crippen molar-refractivity contribution in [3.8, 4) is 17.2 Å². The van der Waals surface area contributed by atoms with Gasteiger partial charge in [-0.15, -0.1) is 0 Å². The Hall–Kier alpha value is -5.25. The van der Waals surface area contributed by atoms with E-state index in [0.29, 0.717) is 37.0 Å². The highest BCUT2D eigenvalue weighted by Crippen LogP contribution is 2.40. The third-order valence-electron chi connectivity index (χ3n) is 7.83. The van der Waals surface area contributed by atoms with E-state index in [1.165, 1.54) is 7.11 Å². The highest BCUT2D eigenvalue weighted by molar-refractivity contribution is 6.01. The molecule has 4 aromatic rings. The van der Waals surface area contributed by atoms with Gasteiger partial charge < -0.3 is 20.3 Å². The Balaban J connectivity index is 1.52. The first-order valence-corrected chi connectivity index (χ1v) is 13.9. The third-order valence-corrected chi connectivity index (χ3v) is 7.83. The summed E-state index contributed by atoms with van der Waals surface area (Å²) < 4.78 is 7.87. The molecule has 2 aromatic carbocycles. The molecular formula is C30H32N8O5. The van der Waals surface area contributed by atoms with Crippen LogP contribution in [0.2, 0.25) is 0 Å². The number of benzene rings is 2. The molecule has 1 aliphatic heterocycles. The van der Waals surface area contributed by atoms with Gasteiger partial charge in [-0.1, -0.05) is 12.1 Å². The summed E-state index contributed by atoms with van der Waals surface area (Å²) in [4.78, 5) is 50.0. The van der Waals surface area contributed by atoms with Crippen LogP contribution >= 0.6 is 0 Å². The van der Waals surface area contributed by atoms with Gasteiger partial charge in [-0.3, -0.25) is 28.5 Å². The zero-order chi connectivity index (χ0) is 30.7. The SMILES string of the molecule is COC(=O)CNC(=O)CNC(=O)Cn1nc(C2CCN(C(C)=O)CC2)c2c(-c3cc4c(cnn4C)cc3C#N)cccc21. The van der Waals surface area contributed by atoms with Crippen LogP contribution in [-0.2, 0) is 37.5 Å². The van der Waals surface area contributed by atoms with Crippen molar-refractivity contribution >= 4 is 45.5 Å². The maximum Gasteiger partial charge on any atom is 0.325 e. The number of nitrogens with one attached hydrogen (secondary N) is 2. The van der Waals surface area contributed by atoms with Gasteiger partial charge >= 0.3 is 5.97 Å². The molecule has 0 atom stereocenters. The topological polar surface area (TPSA) is 164 Å². The Morgan fingerprint density at radius 2 is 1.79 bits per heavy atom.